The van der Waals surface area contributed by atoms with Crippen molar-refractivity contribution in [3.8, 4) is 11.3 Å². The molecule has 5 heterocycles. The first-order chi connectivity index (χ1) is 18.1. The molecule has 1 saturated heterocycles. The zero-order valence-electron chi connectivity index (χ0n) is 20.7. The standard InChI is InChI=1S/C24H25N5OS.C2HF3O2/c1-16(2)29-15-26-23-21(29)12-20(27-22(23)18-4-3-8-25-13-18)17-5-9-28(10-6-17)24(30)19-7-11-31-14-19;3-2(4,5)1(6)7/h3-4,7-8,11-17H,5-6,9-10H2,1-2H3;(H,6,7). The molecule has 1 N–H and O–H groups in total. The van der Waals surface area contributed by atoms with E-state index in [0.29, 0.717) is 12.0 Å². The third kappa shape index (κ3) is 6.01. The fourth-order valence-corrected chi connectivity index (χ4v) is 4.95. The number of hydrogen-bond acceptors (Lipinski definition) is 6. The van der Waals surface area contributed by atoms with Crippen LogP contribution in [-0.2, 0) is 4.79 Å². The smallest absolute Gasteiger partial charge is 0.475 e. The van der Waals surface area contributed by atoms with Gasteiger partial charge in [-0.2, -0.15) is 24.5 Å². The maximum atomic E-state index is 12.7. The Morgan fingerprint density at radius 3 is 2.45 bits per heavy atom. The number of carboxylic acids is 1. The maximum absolute atomic E-state index is 12.7. The molecule has 4 aromatic rings. The lowest BCUT2D eigenvalue weighted by atomic mass is 9.92. The molecule has 200 valence electrons. The molecule has 4 aromatic heterocycles. The van der Waals surface area contributed by atoms with E-state index >= 15 is 0 Å². The van der Waals surface area contributed by atoms with Gasteiger partial charge in [0, 0.05) is 54.1 Å². The van der Waals surface area contributed by atoms with Gasteiger partial charge in [0.05, 0.1) is 23.1 Å². The summed E-state index contributed by atoms with van der Waals surface area (Å²) in [5, 5.41) is 11.0. The third-order valence-electron chi connectivity index (χ3n) is 6.28. The van der Waals surface area contributed by atoms with E-state index in [4.69, 9.17) is 14.9 Å². The van der Waals surface area contributed by atoms with Crippen molar-refractivity contribution in [1.82, 2.24) is 24.4 Å². The number of carbonyl (C=O) groups excluding carboxylic acids is 1. The van der Waals surface area contributed by atoms with Crippen LogP contribution < -0.4 is 0 Å². The number of halogens is 3. The normalized spacial score (nSPS) is 14.4. The number of aliphatic carboxylic acids is 1. The average molecular weight is 546 g/mol. The highest BCUT2D eigenvalue weighted by Gasteiger charge is 2.38. The number of aromatic nitrogens is 4. The van der Waals surface area contributed by atoms with Crippen molar-refractivity contribution in [2.24, 2.45) is 0 Å². The van der Waals surface area contributed by atoms with E-state index < -0.39 is 12.1 Å². The number of nitrogens with zero attached hydrogens (tertiary/aromatic N) is 5. The Bertz CT molecular complexity index is 1400. The van der Waals surface area contributed by atoms with E-state index in [1.54, 1.807) is 17.5 Å². The topological polar surface area (TPSA) is 101 Å². The minimum absolute atomic E-state index is 0.136. The minimum Gasteiger partial charge on any atom is -0.475 e. The van der Waals surface area contributed by atoms with Crippen molar-refractivity contribution in [1.29, 1.82) is 0 Å². The van der Waals surface area contributed by atoms with Gasteiger partial charge in [-0.05, 0) is 56.3 Å². The summed E-state index contributed by atoms with van der Waals surface area (Å²) in [4.78, 5) is 37.6. The quantitative estimate of drug-likeness (QED) is 0.348. The Labute approximate surface area is 220 Å². The number of rotatable bonds is 4. The highest BCUT2D eigenvalue weighted by molar-refractivity contribution is 7.08. The molecule has 1 aliphatic heterocycles. The largest absolute Gasteiger partial charge is 0.490 e. The Hall–Kier alpha value is -3.80. The first-order valence-electron chi connectivity index (χ1n) is 12.0. The molecule has 12 heteroatoms. The van der Waals surface area contributed by atoms with Gasteiger partial charge < -0.3 is 14.6 Å². The third-order valence-corrected chi connectivity index (χ3v) is 6.97. The van der Waals surface area contributed by atoms with Crippen molar-refractivity contribution in [2.75, 3.05) is 13.1 Å². The van der Waals surface area contributed by atoms with Gasteiger partial charge in [0.25, 0.3) is 5.91 Å². The molecule has 5 rings (SSSR count). The van der Waals surface area contributed by atoms with Crippen LogP contribution in [0.25, 0.3) is 22.3 Å². The van der Waals surface area contributed by atoms with Crippen LogP contribution in [-0.4, -0.2) is 60.7 Å². The summed E-state index contributed by atoms with van der Waals surface area (Å²) in [5.74, 6) is -2.30. The van der Waals surface area contributed by atoms with Gasteiger partial charge in [0.1, 0.15) is 5.52 Å². The van der Waals surface area contributed by atoms with Gasteiger partial charge in [0.15, 0.2) is 0 Å². The Morgan fingerprint density at radius 1 is 1.18 bits per heavy atom. The number of pyridine rings is 2. The molecular weight excluding hydrogens is 519 g/mol. The van der Waals surface area contributed by atoms with Crippen LogP contribution in [0.2, 0.25) is 0 Å². The number of fused-ring (bicyclic) bond motifs is 1. The zero-order chi connectivity index (χ0) is 27.4. The summed E-state index contributed by atoms with van der Waals surface area (Å²) in [7, 11) is 0. The second-order valence-corrected chi connectivity index (χ2v) is 9.91. The van der Waals surface area contributed by atoms with Gasteiger partial charge in [0.2, 0.25) is 0 Å². The maximum Gasteiger partial charge on any atom is 0.490 e. The molecule has 1 amide bonds. The predicted octanol–water partition coefficient (Wildman–Crippen LogP) is 5.79. The van der Waals surface area contributed by atoms with E-state index in [9.17, 15) is 18.0 Å². The number of carboxylic acid groups (broad SMARTS) is 1. The van der Waals surface area contributed by atoms with E-state index in [1.807, 2.05) is 46.4 Å². The highest BCUT2D eigenvalue weighted by Crippen LogP contribution is 2.34. The first-order valence-corrected chi connectivity index (χ1v) is 12.9. The van der Waals surface area contributed by atoms with E-state index in [1.165, 1.54) is 0 Å². The highest BCUT2D eigenvalue weighted by atomic mass is 32.1. The van der Waals surface area contributed by atoms with Crippen LogP contribution in [0.1, 0.15) is 54.7 Å². The summed E-state index contributed by atoms with van der Waals surface area (Å²) in [6.45, 7) is 5.84. The Balaban J connectivity index is 0.000000426. The molecule has 0 unspecified atom stereocenters. The fraction of sp³-hybridized carbons (Fsp3) is 0.346. The van der Waals surface area contributed by atoms with Gasteiger partial charge in [-0.15, -0.1) is 0 Å². The van der Waals surface area contributed by atoms with E-state index in [0.717, 1.165) is 59.5 Å². The molecular formula is C26H26F3N5O3S. The number of alkyl halides is 3. The lowest BCUT2D eigenvalue weighted by Gasteiger charge is -2.32. The second kappa shape index (κ2) is 11.3. The van der Waals surface area contributed by atoms with Crippen LogP contribution >= 0.6 is 11.3 Å². The number of likely N-dealkylation sites (tertiary alicyclic amines) is 1. The lowest BCUT2D eigenvalue weighted by molar-refractivity contribution is -0.192. The van der Waals surface area contributed by atoms with Crippen molar-refractivity contribution >= 4 is 34.2 Å². The van der Waals surface area contributed by atoms with E-state index in [-0.39, 0.29) is 5.91 Å². The minimum atomic E-state index is -5.08. The lowest BCUT2D eigenvalue weighted by Crippen LogP contribution is -2.37. The molecule has 0 bridgehead atoms. The summed E-state index contributed by atoms with van der Waals surface area (Å²) < 4.78 is 33.9. The van der Waals surface area contributed by atoms with Gasteiger partial charge >= 0.3 is 12.1 Å². The molecule has 0 aromatic carbocycles. The van der Waals surface area contributed by atoms with Crippen molar-refractivity contribution < 1.29 is 27.9 Å². The number of thiophene rings is 1. The van der Waals surface area contributed by atoms with E-state index in [2.05, 4.69) is 34.4 Å². The molecule has 0 aliphatic carbocycles. The predicted molar refractivity (Wildman–Crippen MR) is 137 cm³/mol. The van der Waals surface area contributed by atoms with Crippen LogP contribution in [0, 0.1) is 0 Å². The number of piperidine rings is 1. The molecule has 0 saturated carbocycles. The molecule has 1 fully saturated rings. The first kappa shape index (κ1) is 27.2. The SMILES string of the molecule is CC(C)n1cnc2c(-c3cccnc3)nc(C3CCN(C(=O)c4ccsc4)CC3)cc21.O=C(O)C(F)(F)F. The number of amides is 1. The zero-order valence-corrected chi connectivity index (χ0v) is 21.5. The molecule has 1 aliphatic rings. The van der Waals surface area contributed by atoms with Crippen LogP contribution in [0.15, 0.2) is 53.7 Å². The molecule has 0 radical (unpaired) electrons. The van der Waals surface area contributed by atoms with Crippen LogP contribution in [0.5, 0.6) is 0 Å². The van der Waals surface area contributed by atoms with Crippen LogP contribution in [0.4, 0.5) is 13.2 Å². The average Bonchev–Trinajstić information content (AvgIpc) is 3.59. The Morgan fingerprint density at radius 2 is 1.89 bits per heavy atom. The van der Waals surface area contributed by atoms with Gasteiger partial charge in [-0.1, -0.05) is 0 Å². The van der Waals surface area contributed by atoms with Crippen molar-refractivity contribution in [3.63, 3.8) is 0 Å². The monoisotopic (exact) mass is 545 g/mol. The van der Waals surface area contributed by atoms with Gasteiger partial charge in [-0.25, -0.2) is 9.78 Å². The number of imidazole rings is 1. The van der Waals surface area contributed by atoms with Crippen molar-refractivity contribution in [3.05, 3.63) is 65.0 Å². The Kier molecular flexibility index (Phi) is 8.10. The summed E-state index contributed by atoms with van der Waals surface area (Å²) in [5.41, 5.74) is 5.76. The summed E-state index contributed by atoms with van der Waals surface area (Å²) in [6.07, 6.45) is 2.27. The number of hydrogen-bond donors (Lipinski definition) is 1. The fourth-order valence-electron chi connectivity index (χ4n) is 4.32. The molecule has 8 nitrogen and oxygen atoms in total. The van der Waals surface area contributed by atoms with Crippen molar-refractivity contribution in [2.45, 2.75) is 44.8 Å². The second-order valence-electron chi connectivity index (χ2n) is 9.13. The van der Waals surface area contributed by atoms with Crippen LogP contribution in [0.3, 0.4) is 0 Å². The molecule has 0 atom stereocenters. The summed E-state index contributed by atoms with van der Waals surface area (Å²) >= 11 is 1.56. The molecule has 38 heavy (non-hydrogen) atoms. The van der Waals surface area contributed by atoms with Gasteiger partial charge in [-0.3, -0.25) is 14.8 Å². The molecule has 0 spiro atoms. The number of carbonyl (C=O) groups is 2. The summed E-state index contributed by atoms with van der Waals surface area (Å²) in [6, 6.07) is 8.39.